The Kier molecular flexibility index (Phi) is 17.8. The van der Waals surface area contributed by atoms with Crippen molar-refractivity contribution in [2.45, 2.75) is 113 Å². The summed E-state index contributed by atoms with van der Waals surface area (Å²) in [6, 6.07) is 0. The number of Topliss-reactive ketones (excluding diaryl/α,β-unsaturated/α-hetero) is 1. The average molecular weight is 397 g/mol. The van der Waals surface area contributed by atoms with Gasteiger partial charge in [0, 0.05) is 11.3 Å². The molecule has 0 atom stereocenters. The van der Waals surface area contributed by atoms with Crippen molar-refractivity contribution in [2.75, 3.05) is 6.61 Å². The first-order valence-corrected chi connectivity index (χ1v) is 11.0. The Morgan fingerprint density at radius 3 is 1.79 bits per heavy atom. The molecule has 0 fully saturated rings. The molecule has 0 aliphatic rings. The van der Waals surface area contributed by atoms with Gasteiger partial charge in [0.15, 0.2) is 11.5 Å². The molecule has 0 spiro atoms. The van der Waals surface area contributed by atoms with Crippen LogP contribution >= 0.6 is 0 Å². The van der Waals surface area contributed by atoms with E-state index in [1.54, 1.807) is 11.6 Å². The molecular weight excluding hydrogens is 352 g/mol. The fourth-order valence-electron chi connectivity index (χ4n) is 2.54. The lowest BCUT2D eigenvalue weighted by atomic mass is 9.99. The van der Waals surface area contributed by atoms with Crippen molar-refractivity contribution in [1.82, 2.24) is 9.78 Å². The number of hydrogen-bond donors (Lipinski definition) is 0. The molecule has 28 heavy (non-hydrogen) atoms. The van der Waals surface area contributed by atoms with Crippen LogP contribution in [0.2, 0.25) is 0 Å². The number of unbranched alkanes of at least 4 members (excludes halogenated alkanes) is 3. The van der Waals surface area contributed by atoms with Crippen LogP contribution in [-0.4, -0.2) is 28.1 Å². The van der Waals surface area contributed by atoms with E-state index in [1.807, 2.05) is 20.8 Å². The van der Waals surface area contributed by atoms with Crippen LogP contribution in [0.5, 0.6) is 0 Å². The molecule has 0 amide bonds. The van der Waals surface area contributed by atoms with Crippen molar-refractivity contribution < 1.29 is 14.3 Å². The second-order valence-electron chi connectivity index (χ2n) is 7.15. The predicted molar refractivity (Wildman–Crippen MR) is 118 cm³/mol. The molecule has 5 nitrogen and oxygen atoms in total. The lowest BCUT2D eigenvalue weighted by molar-refractivity contribution is -0.117. The zero-order chi connectivity index (χ0) is 22.1. The van der Waals surface area contributed by atoms with Gasteiger partial charge in [-0.05, 0) is 26.2 Å². The Labute approximate surface area is 173 Å². The molecule has 0 aliphatic heterocycles. The van der Waals surface area contributed by atoms with E-state index in [1.165, 1.54) is 39.0 Å². The van der Waals surface area contributed by atoms with Crippen LogP contribution in [0.15, 0.2) is 0 Å². The van der Waals surface area contributed by atoms with Gasteiger partial charge in [-0.2, -0.15) is 5.10 Å². The normalized spacial score (nSPS) is 9.93. The molecule has 1 heterocycles. The zero-order valence-corrected chi connectivity index (χ0v) is 19.9. The topological polar surface area (TPSA) is 61.2 Å². The minimum atomic E-state index is -0.414. The minimum Gasteiger partial charge on any atom is -0.461 e. The molecule has 0 aliphatic carbocycles. The van der Waals surface area contributed by atoms with Crippen molar-refractivity contribution in [3.05, 3.63) is 17.0 Å². The van der Waals surface area contributed by atoms with Crippen molar-refractivity contribution >= 4 is 11.8 Å². The van der Waals surface area contributed by atoms with Crippen LogP contribution in [0.25, 0.3) is 0 Å². The maximum absolute atomic E-state index is 12.0. The zero-order valence-electron chi connectivity index (χ0n) is 19.9. The number of ketones is 1. The summed E-state index contributed by atoms with van der Waals surface area (Å²) >= 11 is 0. The molecular formula is C23H44N2O3. The Bertz CT molecular complexity index is 544. The first kappa shape index (κ1) is 28.6. The van der Waals surface area contributed by atoms with Gasteiger partial charge < -0.3 is 4.74 Å². The van der Waals surface area contributed by atoms with E-state index < -0.39 is 5.97 Å². The van der Waals surface area contributed by atoms with Crippen LogP contribution < -0.4 is 0 Å². The molecule has 0 aromatic carbocycles. The molecule has 1 aromatic rings. The highest BCUT2D eigenvalue weighted by Crippen LogP contribution is 2.25. The van der Waals surface area contributed by atoms with Crippen LogP contribution in [-0.2, 0) is 22.5 Å². The summed E-state index contributed by atoms with van der Waals surface area (Å²) in [5, 5.41) is 4.28. The number of hydrogen-bond acceptors (Lipinski definition) is 4. The van der Waals surface area contributed by atoms with Gasteiger partial charge in [0.25, 0.3) is 0 Å². The summed E-state index contributed by atoms with van der Waals surface area (Å²) in [6.45, 7) is 18.6. The van der Waals surface area contributed by atoms with E-state index >= 15 is 0 Å². The van der Waals surface area contributed by atoms with Crippen LogP contribution in [0.4, 0.5) is 0 Å². The average Bonchev–Trinajstić information content (AvgIpc) is 3.01. The SMILES string of the molecule is CCCC.CCCCC.CCOC(=O)c1nn(CC(C)=O)c(CC)c1C(C)C. The quantitative estimate of drug-likeness (QED) is 0.457. The second-order valence-corrected chi connectivity index (χ2v) is 7.15. The van der Waals surface area contributed by atoms with Gasteiger partial charge >= 0.3 is 5.97 Å². The number of rotatable bonds is 9. The molecule has 1 rings (SSSR count). The number of carbonyl (C=O) groups is 2. The molecule has 164 valence electrons. The first-order valence-electron chi connectivity index (χ1n) is 11.0. The maximum Gasteiger partial charge on any atom is 0.359 e. The molecule has 0 unspecified atom stereocenters. The van der Waals surface area contributed by atoms with Gasteiger partial charge in [-0.15, -0.1) is 0 Å². The third kappa shape index (κ3) is 11.3. The van der Waals surface area contributed by atoms with Gasteiger partial charge in [0.1, 0.15) is 0 Å². The number of ether oxygens (including phenoxy) is 1. The van der Waals surface area contributed by atoms with Crippen molar-refractivity contribution in [1.29, 1.82) is 0 Å². The fourth-order valence-corrected chi connectivity index (χ4v) is 2.54. The number of aromatic nitrogens is 2. The van der Waals surface area contributed by atoms with E-state index in [2.05, 4.69) is 32.8 Å². The van der Waals surface area contributed by atoms with Crippen LogP contribution in [0, 0.1) is 0 Å². The standard InChI is InChI=1S/C14H22N2O3.C5H12.C4H10/c1-6-11-12(9(3)4)13(14(18)19-7-2)15-16(11)8-10(5)17;1-3-5-4-2;1-3-4-2/h9H,6-8H2,1-5H3;3-5H2,1-2H3;3-4H2,1-2H3. The minimum absolute atomic E-state index is 0.0166. The Hall–Kier alpha value is -1.65. The molecule has 0 saturated carbocycles. The lowest BCUT2D eigenvalue weighted by Crippen LogP contribution is -2.12. The first-order chi connectivity index (χ1) is 13.2. The van der Waals surface area contributed by atoms with Crippen molar-refractivity contribution in [2.24, 2.45) is 0 Å². The van der Waals surface area contributed by atoms with Gasteiger partial charge in [-0.25, -0.2) is 4.79 Å². The maximum atomic E-state index is 12.0. The molecule has 0 saturated heterocycles. The summed E-state index contributed by atoms with van der Waals surface area (Å²) in [5.41, 5.74) is 2.17. The molecule has 5 heteroatoms. The fraction of sp³-hybridized carbons (Fsp3) is 0.783. The largest absolute Gasteiger partial charge is 0.461 e. The molecule has 0 bridgehead atoms. The highest BCUT2D eigenvalue weighted by atomic mass is 16.5. The van der Waals surface area contributed by atoms with Gasteiger partial charge in [0.05, 0.1) is 13.2 Å². The van der Waals surface area contributed by atoms with Crippen molar-refractivity contribution in [3.8, 4) is 0 Å². The predicted octanol–water partition coefficient (Wildman–Crippen LogP) is 6.34. The van der Waals surface area contributed by atoms with Gasteiger partial charge in [-0.3, -0.25) is 9.48 Å². The summed E-state index contributed by atoms with van der Waals surface area (Å²) in [6.07, 6.45) is 7.44. The smallest absolute Gasteiger partial charge is 0.359 e. The van der Waals surface area contributed by atoms with E-state index in [0.717, 1.165) is 17.7 Å². The van der Waals surface area contributed by atoms with Crippen molar-refractivity contribution in [3.63, 3.8) is 0 Å². The number of nitrogens with zero attached hydrogens (tertiary/aromatic N) is 2. The highest BCUT2D eigenvalue weighted by Gasteiger charge is 2.25. The Morgan fingerprint density at radius 2 is 1.50 bits per heavy atom. The summed E-state index contributed by atoms with van der Waals surface area (Å²) in [5.74, 6) is -0.235. The summed E-state index contributed by atoms with van der Waals surface area (Å²) in [7, 11) is 0. The van der Waals surface area contributed by atoms with E-state index in [9.17, 15) is 9.59 Å². The summed E-state index contributed by atoms with van der Waals surface area (Å²) in [4.78, 5) is 23.2. The molecule has 1 aromatic heterocycles. The Balaban J connectivity index is 0. The van der Waals surface area contributed by atoms with Crippen LogP contribution in [0.1, 0.15) is 122 Å². The van der Waals surface area contributed by atoms with Gasteiger partial charge in [-0.1, -0.05) is 80.6 Å². The van der Waals surface area contributed by atoms with E-state index in [-0.39, 0.29) is 18.2 Å². The molecule has 0 N–H and O–H groups in total. The third-order valence-corrected chi connectivity index (χ3v) is 4.06. The molecule has 0 radical (unpaired) electrons. The highest BCUT2D eigenvalue weighted by molar-refractivity contribution is 5.89. The monoisotopic (exact) mass is 396 g/mol. The van der Waals surface area contributed by atoms with Gasteiger partial charge in [0.2, 0.25) is 0 Å². The lowest BCUT2D eigenvalue weighted by Gasteiger charge is -2.09. The van der Waals surface area contributed by atoms with E-state index in [4.69, 9.17) is 4.74 Å². The number of esters is 1. The summed E-state index contributed by atoms with van der Waals surface area (Å²) < 4.78 is 6.67. The van der Waals surface area contributed by atoms with Crippen LogP contribution in [0.3, 0.4) is 0 Å². The number of carbonyl (C=O) groups excluding carboxylic acids is 2. The van der Waals surface area contributed by atoms with E-state index in [0.29, 0.717) is 12.3 Å². The Morgan fingerprint density at radius 1 is 0.964 bits per heavy atom. The second kappa shape index (κ2) is 17.4. The third-order valence-electron chi connectivity index (χ3n) is 4.06.